The fraction of sp³-hybridized carbons (Fsp3) is 0.667. The quantitative estimate of drug-likeness (QED) is 0.848. The number of nitrogens with one attached hydrogen (secondary N) is 1. The molecule has 2 atom stereocenters. The zero-order chi connectivity index (χ0) is 14.7. The summed E-state index contributed by atoms with van der Waals surface area (Å²) in [6.45, 7) is 1.49. The first-order valence-corrected chi connectivity index (χ1v) is 7.70. The van der Waals surface area contributed by atoms with Gasteiger partial charge in [0.15, 0.2) is 0 Å². The summed E-state index contributed by atoms with van der Waals surface area (Å²) in [5.74, 6) is 1.23. The smallest absolute Gasteiger partial charge is 0.223 e. The topological polar surface area (TPSA) is 78.4 Å². The Hall–Kier alpha value is -1.69. The van der Waals surface area contributed by atoms with Gasteiger partial charge in [-0.2, -0.15) is 0 Å². The molecule has 3 rings (SSSR count). The van der Waals surface area contributed by atoms with Crippen LogP contribution in [0, 0.1) is 11.8 Å². The molecule has 1 aromatic heterocycles. The fourth-order valence-electron chi connectivity index (χ4n) is 3.37. The minimum absolute atomic E-state index is 0.00179. The van der Waals surface area contributed by atoms with Crippen molar-refractivity contribution in [2.45, 2.75) is 31.7 Å². The van der Waals surface area contributed by atoms with Crippen molar-refractivity contribution in [1.29, 1.82) is 0 Å². The average Bonchev–Trinajstić information content (AvgIpc) is 3.17. The Morgan fingerprint density at radius 3 is 2.86 bits per heavy atom. The highest BCUT2D eigenvalue weighted by atomic mass is 16.3. The van der Waals surface area contributed by atoms with Gasteiger partial charge in [0.1, 0.15) is 12.1 Å². The summed E-state index contributed by atoms with van der Waals surface area (Å²) in [5, 5.41) is 12.7. The number of amides is 1. The zero-order valence-corrected chi connectivity index (χ0v) is 12.1. The van der Waals surface area contributed by atoms with Crippen LogP contribution in [-0.4, -0.2) is 46.7 Å². The second-order valence-corrected chi connectivity index (χ2v) is 6.01. The first-order valence-electron chi connectivity index (χ1n) is 7.70. The Morgan fingerprint density at radius 1 is 1.38 bits per heavy atom. The molecular weight excluding hydrogens is 268 g/mol. The number of nitrogens with zero attached hydrogens (tertiary/aromatic N) is 3. The highest BCUT2D eigenvalue weighted by molar-refractivity contribution is 5.79. The maximum atomic E-state index is 12.3. The van der Waals surface area contributed by atoms with E-state index in [9.17, 15) is 9.90 Å². The van der Waals surface area contributed by atoms with Crippen LogP contribution in [0.1, 0.15) is 25.7 Å². The summed E-state index contributed by atoms with van der Waals surface area (Å²) < 4.78 is 0. The van der Waals surface area contributed by atoms with E-state index in [4.69, 9.17) is 0 Å². The number of hydrogen-bond donors (Lipinski definition) is 2. The van der Waals surface area contributed by atoms with E-state index in [1.165, 1.54) is 6.33 Å². The maximum absolute atomic E-state index is 12.3. The number of anilines is 1. The van der Waals surface area contributed by atoms with Crippen LogP contribution >= 0.6 is 0 Å². The van der Waals surface area contributed by atoms with E-state index in [0.29, 0.717) is 13.1 Å². The van der Waals surface area contributed by atoms with Crippen molar-refractivity contribution in [3.63, 3.8) is 0 Å². The van der Waals surface area contributed by atoms with Gasteiger partial charge in [0.25, 0.3) is 0 Å². The normalized spacial score (nSPS) is 26.2. The SMILES string of the molecule is O=C(N[C@@H]1CN(c2ccncn2)C[C@H]1CO)C1CCCC1. The van der Waals surface area contributed by atoms with Crippen LogP contribution in [0.5, 0.6) is 0 Å². The molecule has 6 heteroatoms. The van der Waals surface area contributed by atoms with E-state index in [2.05, 4.69) is 20.2 Å². The number of aliphatic hydroxyl groups is 1. The molecule has 1 aromatic rings. The van der Waals surface area contributed by atoms with Gasteiger partial charge in [-0.15, -0.1) is 0 Å². The number of aliphatic hydroxyl groups excluding tert-OH is 1. The van der Waals surface area contributed by atoms with Gasteiger partial charge in [-0.1, -0.05) is 12.8 Å². The monoisotopic (exact) mass is 290 g/mol. The second-order valence-electron chi connectivity index (χ2n) is 6.01. The number of hydrogen-bond acceptors (Lipinski definition) is 5. The van der Waals surface area contributed by atoms with Gasteiger partial charge < -0.3 is 15.3 Å². The molecule has 1 aliphatic heterocycles. The highest BCUT2D eigenvalue weighted by Crippen LogP contribution is 2.26. The molecule has 1 aliphatic carbocycles. The highest BCUT2D eigenvalue weighted by Gasteiger charge is 2.35. The van der Waals surface area contributed by atoms with Crippen LogP contribution in [0.15, 0.2) is 18.6 Å². The molecule has 0 aromatic carbocycles. The van der Waals surface area contributed by atoms with E-state index in [1.54, 1.807) is 6.20 Å². The third-order valence-electron chi connectivity index (χ3n) is 4.62. The molecule has 0 unspecified atom stereocenters. The second kappa shape index (κ2) is 6.39. The Kier molecular flexibility index (Phi) is 4.34. The summed E-state index contributed by atoms with van der Waals surface area (Å²) in [5.41, 5.74) is 0. The van der Waals surface area contributed by atoms with Gasteiger partial charge in [-0.05, 0) is 18.9 Å². The Morgan fingerprint density at radius 2 is 2.19 bits per heavy atom. The van der Waals surface area contributed by atoms with Gasteiger partial charge >= 0.3 is 0 Å². The van der Waals surface area contributed by atoms with E-state index in [1.807, 2.05) is 6.07 Å². The lowest BCUT2D eigenvalue weighted by Crippen LogP contribution is -2.43. The third-order valence-corrected chi connectivity index (χ3v) is 4.62. The first kappa shape index (κ1) is 14.3. The van der Waals surface area contributed by atoms with E-state index >= 15 is 0 Å². The zero-order valence-electron chi connectivity index (χ0n) is 12.1. The van der Waals surface area contributed by atoms with Gasteiger partial charge in [0.2, 0.25) is 5.91 Å². The molecule has 2 heterocycles. The lowest BCUT2D eigenvalue weighted by Gasteiger charge is -2.20. The van der Waals surface area contributed by atoms with Crippen molar-refractivity contribution in [3.05, 3.63) is 18.6 Å². The minimum atomic E-state index is -0.00179. The van der Waals surface area contributed by atoms with Crippen molar-refractivity contribution in [2.24, 2.45) is 11.8 Å². The van der Waals surface area contributed by atoms with Crippen LogP contribution in [0.25, 0.3) is 0 Å². The van der Waals surface area contributed by atoms with Gasteiger partial charge in [-0.3, -0.25) is 4.79 Å². The molecule has 0 radical (unpaired) electrons. The lowest BCUT2D eigenvalue weighted by molar-refractivity contribution is -0.125. The average molecular weight is 290 g/mol. The fourth-order valence-corrected chi connectivity index (χ4v) is 3.37. The van der Waals surface area contributed by atoms with Gasteiger partial charge in [0, 0.05) is 37.7 Å². The van der Waals surface area contributed by atoms with Crippen molar-refractivity contribution in [1.82, 2.24) is 15.3 Å². The van der Waals surface area contributed by atoms with E-state index in [-0.39, 0.29) is 30.4 Å². The number of aromatic nitrogens is 2. The van der Waals surface area contributed by atoms with Gasteiger partial charge in [-0.25, -0.2) is 9.97 Å². The molecule has 0 spiro atoms. The summed E-state index contributed by atoms with van der Waals surface area (Å²) in [4.78, 5) is 22.5. The van der Waals surface area contributed by atoms with Crippen LogP contribution in [0.3, 0.4) is 0 Å². The van der Waals surface area contributed by atoms with Crippen molar-refractivity contribution in [3.8, 4) is 0 Å². The number of carbonyl (C=O) groups excluding carboxylic acids is 1. The van der Waals surface area contributed by atoms with Crippen LogP contribution in [0.4, 0.5) is 5.82 Å². The Labute approximate surface area is 124 Å². The molecular formula is C15H22N4O2. The van der Waals surface area contributed by atoms with Gasteiger partial charge in [0.05, 0.1) is 6.04 Å². The first-order chi connectivity index (χ1) is 10.3. The largest absolute Gasteiger partial charge is 0.396 e. The number of rotatable bonds is 4. The van der Waals surface area contributed by atoms with E-state index in [0.717, 1.165) is 31.5 Å². The summed E-state index contributed by atoms with van der Waals surface area (Å²) in [7, 11) is 0. The van der Waals surface area contributed by atoms with Crippen LogP contribution in [0.2, 0.25) is 0 Å². The molecule has 2 aliphatic rings. The van der Waals surface area contributed by atoms with Crippen LogP contribution < -0.4 is 10.2 Å². The third kappa shape index (κ3) is 3.15. The summed E-state index contributed by atoms with van der Waals surface area (Å²) >= 11 is 0. The summed E-state index contributed by atoms with van der Waals surface area (Å²) in [6.07, 6.45) is 7.53. The standard InChI is InChI=1S/C15H22N4O2/c20-9-12-7-19(14-5-6-16-10-17-14)8-13(12)18-15(21)11-3-1-2-4-11/h5-6,10-13,20H,1-4,7-9H2,(H,18,21)/t12-,13+/m0/s1. The number of carbonyl (C=O) groups is 1. The predicted molar refractivity (Wildman–Crippen MR) is 78.7 cm³/mol. The Bertz CT molecular complexity index is 476. The van der Waals surface area contributed by atoms with Crippen molar-refractivity contribution < 1.29 is 9.90 Å². The predicted octanol–water partition coefficient (Wildman–Crippen LogP) is 0.580. The van der Waals surface area contributed by atoms with E-state index < -0.39 is 0 Å². The maximum Gasteiger partial charge on any atom is 0.223 e. The Balaban J connectivity index is 1.63. The molecule has 1 saturated carbocycles. The molecule has 114 valence electrons. The molecule has 1 saturated heterocycles. The molecule has 0 bridgehead atoms. The molecule has 2 fully saturated rings. The summed E-state index contributed by atoms with van der Waals surface area (Å²) in [6, 6.07) is 1.85. The molecule has 21 heavy (non-hydrogen) atoms. The molecule has 2 N–H and O–H groups in total. The molecule has 6 nitrogen and oxygen atoms in total. The lowest BCUT2D eigenvalue weighted by atomic mass is 10.0. The van der Waals surface area contributed by atoms with Crippen molar-refractivity contribution >= 4 is 11.7 Å². The molecule has 1 amide bonds. The van der Waals surface area contributed by atoms with Crippen molar-refractivity contribution in [2.75, 3.05) is 24.6 Å². The minimum Gasteiger partial charge on any atom is -0.396 e. The van der Waals surface area contributed by atoms with Crippen LogP contribution in [-0.2, 0) is 4.79 Å².